The summed E-state index contributed by atoms with van der Waals surface area (Å²) in [5, 5.41) is 24.4. The van der Waals surface area contributed by atoms with Crippen molar-refractivity contribution in [3.05, 3.63) is 52.0 Å². The summed E-state index contributed by atoms with van der Waals surface area (Å²) >= 11 is 11.8. The molecule has 11 nitrogen and oxygen atoms in total. The number of nitrogens with zero attached hydrogens (tertiary/aromatic N) is 3. The lowest BCUT2D eigenvalue weighted by molar-refractivity contribution is -0.199. The number of β-amino-alcohol motifs (C(OH)–C–C–N with tert-alkyl or cyclic N) is 1. The summed E-state index contributed by atoms with van der Waals surface area (Å²) in [7, 11) is 0. The molecule has 0 aliphatic carbocycles. The molecule has 2 heterocycles. The average molecular weight is 620 g/mol. The van der Waals surface area contributed by atoms with Gasteiger partial charge in [0.05, 0.1) is 22.9 Å². The summed E-state index contributed by atoms with van der Waals surface area (Å²) in [5.41, 5.74) is 5.21. The second-order valence-corrected chi connectivity index (χ2v) is 10.5. The summed E-state index contributed by atoms with van der Waals surface area (Å²) in [6, 6.07) is 6.44. The van der Waals surface area contributed by atoms with E-state index in [-0.39, 0.29) is 40.8 Å². The number of hydrogen-bond donors (Lipinski definition) is 4. The zero-order valence-corrected chi connectivity index (χ0v) is 22.8. The minimum absolute atomic E-state index is 0.0561. The van der Waals surface area contributed by atoms with Gasteiger partial charge < -0.3 is 35.9 Å². The number of aromatic hydroxyl groups is 1. The number of rotatable bonds is 5. The van der Waals surface area contributed by atoms with Crippen LogP contribution in [0, 0.1) is 0 Å². The van der Waals surface area contributed by atoms with Gasteiger partial charge in [-0.1, -0.05) is 23.2 Å². The molecule has 0 saturated carbocycles. The first-order valence-electron chi connectivity index (χ1n) is 12.4. The fourth-order valence-electron chi connectivity index (χ4n) is 4.78. The number of piperidine rings is 1. The average Bonchev–Trinajstić information content (AvgIpc) is 3.27. The smallest absolute Gasteiger partial charge is 0.493 e. The second-order valence-electron chi connectivity index (χ2n) is 9.62. The molecule has 2 aliphatic heterocycles. The molecule has 0 radical (unpaired) electrons. The molecule has 2 aromatic rings. The maximum atomic E-state index is 12.8. The number of likely N-dealkylation sites (tertiary alicyclic amines) is 1. The number of hydrogen-bond acceptors (Lipinski definition) is 8. The van der Waals surface area contributed by atoms with Gasteiger partial charge in [0.15, 0.2) is 0 Å². The topological polar surface area (TPSA) is 149 Å². The SMILES string of the molecule is NC(=O)N(OC(=O)C(F)(F)F)c1cc(Cl)c(O)cc1N1CC(O)C(NC2CCN(C(=O)c3ccc(Cl)cc3)CC2)C1. The Balaban J connectivity index is 1.44. The number of hydroxylamine groups is 1. The fourth-order valence-corrected chi connectivity index (χ4v) is 5.06. The molecule has 0 bridgehead atoms. The number of benzene rings is 2. The molecule has 0 aromatic heterocycles. The Labute approximate surface area is 242 Å². The molecule has 16 heteroatoms. The molecule has 2 fully saturated rings. The Bertz CT molecular complexity index is 1310. The highest BCUT2D eigenvalue weighted by Crippen LogP contribution is 2.40. The Hall–Kier alpha value is -3.46. The van der Waals surface area contributed by atoms with E-state index in [9.17, 15) is 37.8 Å². The summed E-state index contributed by atoms with van der Waals surface area (Å²) in [6.07, 6.45) is -5.20. The standard InChI is InChI=1S/C25H26Cl2F3N5O6/c26-14-3-1-13(2-4-14)22(38)33-7-5-15(6-8-33)32-17-11-34(12-21(17)37)18-10-20(36)16(27)9-19(18)35(24(31)40)41-23(39)25(28,29)30/h1-4,9-10,15,17,21,32,36-37H,5-8,11-12H2,(H2,31,40). The molecule has 2 unspecified atom stereocenters. The summed E-state index contributed by atoms with van der Waals surface area (Å²) in [6.45, 7) is 0.983. The lowest BCUT2D eigenvalue weighted by Gasteiger charge is -2.34. The van der Waals surface area contributed by atoms with Crippen LogP contribution in [0.3, 0.4) is 0 Å². The molecule has 0 spiro atoms. The first-order chi connectivity index (χ1) is 19.2. The van der Waals surface area contributed by atoms with E-state index in [1.165, 1.54) is 4.90 Å². The van der Waals surface area contributed by atoms with Crippen molar-refractivity contribution in [1.82, 2.24) is 10.2 Å². The third-order valence-electron chi connectivity index (χ3n) is 6.82. The highest BCUT2D eigenvalue weighted by Gasteiger charge is 2.44. The van der Waals surface area contributed by atoms with Crippen molar-refractivity contribution in [2.45, 2.75) is 37.2 Å². The monoisotopic (exact) mass is 619 g/mol. The van der Waals surface area contributed by atoms with Crippen LogP contribution in [-0.2, 0) is 9.63 Å². The van der Waals surface area contributed by atoms with Crippen LogP contribution in [0.25, 0.3) is 0 Å². The first-order valence-corrected chi connectivity index (χ1v) is 13.1. The van der Waals surface area contributed by atoms with E-state index in [2.05, 4.69) is 10.2 Å². The van der Waals surface area contributed by atoms with Crippen LogP contribution in [-0.4, -0.2) is 83.6 Å². The fraction of sp³-hybridized carbons (Fsp3) is 0.400. The lowest BCUT2D eigenvalue weighted by Crippen LogP contribution is -2.50. The number of halogens is 5. The number of amides is 3. The normalized spacial score (nSPS) is 19.8. The molecule has 5 N–H and O–H groups in total. The summed E-state index contributed by atoms with van der Waals surface area (Å²) < 4.78 is 38.5. The summed E-state index contributed by atoms with van der Waals surface area (Å²) in [5.74, 6) is -3.29. The largest absolute Gasteiger partial charge is 0.506 e. The molecule has 2 aliphatic rings. The van der Waals surface area contributed by atoms with Gasteiger partial charge in [-0.15, -0.1) is 5.06 Å². The van der Waals surface area contributed by atoms with Crippen molar-refractivity contribution in [3.8, 4) is 5.75 Å². The maximum absolute atomic E-state index is 12.8. The molecule has 41 heavy (non-hydrogen) atoms. The number of primary amides is 1. The van der Waals surface area contributed by atoms with Crippen molar-refractivity contribution in [2.24, 2.45) is 5.73 Å². The number of carbonyl (C=O) groups excluding carboxylic acids is 3. The molecule has 2 saturated heterocycles. The molecule has 3 amide bonds. The van der Waals surface area contributed by atoms with Crippen LogP contribution in [0.2, 0.25) is 10.0 Å². The third kappa shape index (κ3) is 7.07. The molecular formula is C25H26Cl2F3N5O6. The van der Waals surface area contributed by atoms with Crippen molar-refractivity contribution in [2.75, 3.05) is 36.1 Å². The predicted octanol–water partition coefficient (Wildman–Crippen LogP) is 3.05. The highest BCUT2D eigenvalue weighted by atomic mass is 35.5. The van der Waals surface area contributed by atoms with Crippen molar-refractivity contribution < 1.29 is 42.6 Å². The Morgan fingerprint density at radius 1 is 1.07 bits per heavy atom. The van der Waals surface area contributed by atoms with Gasteiger partial charge >= 0.3 is 18.2 Å². The van der Waals surface area contributed by atoms with E-state index in [0.717, 1.165) is 12.1 Å². The number of alkyl halides is 3. The van der Waals surface area contributed by atoms with Gasteiger partial charge in [0.2, 0.25) is 0 Å². The number of urea groups is 1. The minimum atomic E-state index is -5.43. The number of nitrogens with one attached hydrogen (secondary N) is 1. The van der Waals surface area contributed by atoms with E-state index in [0.29, 0.717) is 36.5 Å². The van der Waals surface area contributed by atoms with Gasteiger partial charge in [-0.05, 0) is 43.2 Å². The minimum Gasteiger partial charge on any atom is -0.506 e. The van der Waals surface area contributed by atoms with Crippen molar-refractivity contribution in [3.63, 3.8) is 0 Å². The van der Waals surface area contributed by atoms with Crippen molar-refractivity contribution in [1.29, 1.82) is 0 Å². The number of aliphatic hydroxyl groups excluding tert-OH is 1. The highest BCUT2D eigenvalue weighted by molar-refractivity contribution is 6.32. The zero-order valence-electron chi connectivity index (χ0n) is 21.3. The van der Waals surface area contributed by atoms with Gasteiger partial charge in [0.25, 0.3) is 5.91 Å². The van der Waals surface area contributed by atoms with Gasteiger partial charge in [0, 0.05) is 48.9 Å². The molecule has 222 valence electrons. The lowest BCUT2D eigenvalue weighted by atomic mass is 10.0. The van der Waals surface area contributed by atoms with Crippen LogP contribution in [0.4, 0.5) is 29.3 Å². The Morgan fingerprint density at radius 3 is 2.29 bits per heavy atom. The van der Waals surface area contributed by atoms with Crippen molar-refractivity contribution >= 4 is 52.5 Å². The third-order valence-corrected chi connectivity index (χ3v) is 7.38. The van der Waals surface area contributed by atoms with Crippen LogP contribution in [0.5, 0.6) is 5.75 Å². The molecule has 4 rings (SSSR count). The first kappa shape index (κ1) is 30.5. The molecular weight excluding hydrogens is 594 g/mol. The Kier molecular flexibility index (Phi) is 9.07. The van der Waals surface area contributed by atoms with Crippen LogP contribution in [0.1, 0.15) is 23.2 Å². The van der Waals surface area contributed by atoms with Crippen LogP contribution < -0.4 is 21.0 Å². The van der Waals surface area contributed by atoms with E-state index in [4.69, 9.17) is 28.9 Å². The zero-order chi connectivity index (χ0) is 30.1. The van der Waals surface area contributed by atoms with Gasteiger partial charge in [-0.3, -0.25) is 4.79 Å². The van der Waals surface area contributed by atoms with E-state index in [1.54, 1.807) is 29.2 Å². The Morgan fingerprint density at radius 2 is 1.71 bits per heavy atom. The van der Waals surface area contributed by atoms with Crippen LogP contribution in [0.15, 0.2) is 36.4 Å². The van der Waals surface area contributed by atoms with E-state index < -0.39 is 41.8 Å². The number of phenols is 1. The number of anilines is 2. The molecule has 2 aromatic carbocycles. The van der Waals surface area contributed by atoms with E-state index >= 15 is 0 Å². The maximum Gasteiger partial charge on any atom is 0.493 e. The van der Waals surface area contributed by atoms with Gasteiger partial charge in [-0.2, -0.15) is 13.2 Å². The number of phenolic OH excluding ortho intramolecular Hbond substituents is 1. The van der Waals surface area contributed by atoms with Gasteiger partial charge in [-0.25, -0.2) is 9.59 Å². The number of nitrogens with two attached hydrogens (primary N) is 1. The predicted molar refractivity (Wildman–Crippen MR) is 143 cm³/mol. The summed E-state index contributed by atoms with van der Waals surface area (Å²) in [4.78, 5) is 43.6. The quantitative estimate of drug-likeness (QED) is 0.373. The van der Waals surface area contributed by atoms with Crippen LogP contribution >= 0.6 is 23.2 Å². The second kappa shape index (κ2) is 12.2. The van der Waals surface area contributed by atoms with E-state index in [1.807, 2.05) is 0 Å². The van der Waals surface area contributed by atoms with Gasteiger partial charge in [0.1, 0.15) is 11.4 Å². The number of aliphatic hydroxyl groups is 1. The molecule has 2 atom stereocenters. The number of carbonyl (C=O) groups is 3.